The van der Waals surface area contributed by atoms with E-state index in [0.717, 1.165) is 38.5 Å². The van der Waals surface area contributed by atoms with Crippen molar-refractivity contribution in [3.63, 3.8) is 0 Å². The summed E-state index contributed by atoms with van der Waals surface area (Å²) < 4.78 is 5.25. The Labute approximate surface area is 133 Å². The van der Waals surface area contributed by atoms with E-state index in [2.05, 4.69) is 35.9 Å². The van der Waals surface area contributed by atoms with E-state index >= 15 is 0 Å². The summed E-state index contributed by atoms with van der Waals surface area (Å²) in [7, 11) is 0. The fourth-order valence-corrected chi connectivity index (χ4v) is 2.88. The van der Waals surface area contributed by atoms with E-state index in [0.29, 0.717) is 19.4 Å². The quantitative estimate of drug-likeness (QED) is 0.834. The van der Waals surface area contributed by atoms with E-state index in [1.165, 1.54) is 0 Å². The molecule has 1 aliphatic heterocycles. The molecule has 5 heteroatoms. The van der Waals surface area contributed by atoms with Crippen LogP contribution in [0.3, 0.4) is 0 Å². The summed E-state index contributed by atoms with van der Waals surface area (Å²) in [6, 6.07) is 3.76. The summed E-state index contributed by atoms with van der Waals surface area (Å²) in [4.78, 5) is 16.9. The zero-order valence-corrected chi connectivity index (χ0v) is 14.1. The minimum absolute atomic E-state index is 0.000172. The third-order valence-electron chi connectivity index (χ3n) is 4.57. The van der Waals surface area contributed by atoms with Gasteiger partial charge in [0.2, 0.25) is 5.91 Å². The molecule has 0 aromatic carbocycles. The highest BCUT2D eigenvalue weighted by Gasteiger charge is 2.29. The fourth-order valence-electron chi connectivity index (χ4n) is 2.88. The van der Waals surface area contributed by atoms with Crippen LogP contribution < -0.4 is 5.32 Å². The van der Waals surface area contributed by atoms with Crippen LogP contribution in [0.5, 0.6) is 0 Å². The molecule has 124 valence electrons. The lowest BCUT2D eigenvalue weighted by Gasteiger charge is -2.44. The largest absolute Gasteiger partial charge is 0.469 e. The monoisotopic (exact) mass is 307 g/mol. The molecule has 0 atom stereocenters. The van der Waals surface area contributed by atoms with Crippen LogP contribution in [0.15, 0.2) is 22.8 Å². The third-order valence-corrected chi connectivity index (χ3v) is 4.57. The van der Waals surface area contributed by atoms with Gasteiger partial charge in [0.25, 0.3) is 0 Å². The molecule has 2 rings (SSSR count). The molecule has 5 nitrogen and oxygen atoms in total. The average Bonchev–Trinajstić information content (AvgIpc) is 3.04. The van der Waals surface area contributed by atoms with Gasteiger partial charge in [-0.05, 0) is 32.5 Å². The van der Waals surface area contributed by atoms with Crippen molar-refractivity contribution in [3.05, 3.63) is 24.2 Å². The predicted octanol–water partition coefficient (Wildman–Crippen LogP) is 1.74. The van der Waals surface area contributed by atoms with Crippen LogP contribution in [0.1, 0.15) is 33.0 Å². The number of piperazine rings is 1. The smallest absolute Gasteiger partial charge is 0.220 e. The van der Waals surface area contributed by atoms with E-state index in [4.69, 9.17) is 4.42 Å². The molecular formula is C17H29N3O2. The first kappa shape index (κ1) is 17.0. The first-order valence-corrected chi connectivity index (χ1v) is 8.28. The molecule has 1 amide bonds. The number of rotatable bonds is 7. The third kappa shape index (κ3) is 4.85. The Bertz CT molecular complexity index is 448. The van der Waals surface area contributed by atoms with E-state index in [1.54, 1.807) is 6.26 Å². The maximum absolute atomic E-state index is 12.0. The van der Waals surface area contributed by atoms with Gasteiger partial charge >= 0.3 is 0 Å². The van der Waals surface area contributed by atoms with Gasteiger partial charge in [-0.15, -0.1) is 0 Å². The van der Waals surface area contributed by atoms with Crippen LogP contribution in [0.4, 0.5) is 0 Å². The molecule has 1 aliphatic rings. The lowest BCUT2D eigenvalue weighted by atomic mass is 10.0. The van der Waals surface area contributed by atoms with Gasteiger partial charge in [0, 0.05) is 51.1 Å². The van der Waals surface area contributed by atoms with Crippen molar-refractivity contribution < 1.29 is 9.21 Å². The highest BCUT2D eigenvalue weighted by atomic mass is 16.3. The topological polar surface area (TPSA) is 48.7 Å². The van der Waals surface area contributed by atoms with E-state index in [1.807, 2.05) is 12.1 Å². The van der Waals surface area contributed by atoms with Gasteiger partial charge < -0.3 is 14.6 Å². The van der Waals surface area contributed by atoms with Crippen LogP contribution in [-0.2, 0) is 11.2 Å². The Balaban J connectivity index is 1.71. The SMILES string of the molecule is CCN1CCN(C(C)(C)CNC(=O)CCc2ccco2)CC1. The molecule has 0 spiro atoms. The van der Waals surface area contributed by atoms with E-state index in [-0.39, 0.29) is 11.4 Å². The molecule has 1 saturated heterocycles. The second kappa shape index (κ2) is 7.79. The van der Waals surface area contributed by atoms with E-state index < -0.39 is 0 Å². The summed E-state index contributed by atoms with van der Waals surface area (Å²) in [6.45, 7) is 12.8. The minimum atomic E-state index is 0.000172. The number of carbonyl (C=O) groups is 1. The van der Waals surface area contributed by atoms with Gasteiger partial charge in [0.1, 0.15) is 5.76 Å². The maximum Gasteiger partial charge on any atom is 0.220 e. The summed E-state index contributed by atoms with van der Waals surface area (Å²) in [5.41, 5.74) is 0.000172. The van der Waals surface area contributed by atoms with Crippen molar-refractivity contribution in [2.45, 2.75) is 39.2 Å². The lowest BCUT2D eigenvalue weighted by Crippen LogP contribution is -2.58. The van der Waals surface area contributed by atoms with Crippen molar-refractivity contribution >= 4 is 5.91 Å². The number of aryl methyl sites for hydroxylation is 1. The van der Waals surface area contributed by atoms with Gasteiger partial charge in [-0.25, -0.2) is 0 Å². The van der Waals surface area contributed by atoms with Crippen LogP contribution in [0, 0.1) is 0 Å². The van der Waals surface area contributed by atoms with Gasteiger partial charge in [-0.2, -0.15) is 0 Å². The molecule has 1 fully saturated rings. The summed E-state index contributed by atoms with van der Waals surface area (Å²) in [6.07, 6.45) is 2.79. The first-order valence-electron chi connectivity index (χ1n) is 8.28. The second-order valence-corrected chi connectivity index (χ2v) is 6.59. The number of likely N-dealkylation sites (N-methyl/N-ethyl adjacent to an activating group) is 1. The Hall–Kier alpha value is -1.33. The maximum atomic E-state index is 12.0. The molecule has 0 saturated carbocycles. The summed E-state index contributed by atoms with van der Waals surface area (Å²) in [5, 5.41) is 3.07. The zero-order chi connectivity index (χ0) is 16.0. The zero-order valence-electron chi connectivity index (χ0n) is 14.1. The number of furan rings is 1. The van der Waals surface area contributed by atoms with Crippen LogP contribution in [0.2, 0.25) is 0 Å². The Kier molecular flexibility index (Phi) is 6.03. The Morgan fingerprint density at radius 3 is 2.64 bits per heavy atom. The normalized spacial score (nSPS) is 17.6. The highest BCUT2D eigenvalue weighted by molar-refractivity contribution is 5.76. The Morgan fingerprint density at radius 1 is 1.32 bits per heavy atom. The minimum Gasteiger partial charge on any atom is -0.469 e. The van der Waals surface area contributed by atoms with Crippen LogP contribution in [0.25, 0.3) is 0 Å². The number of hydrogen-bond acceptors (Lipinski definition) is 4. The molecule has 2 heterocycles. The molecule has 22 heavy (non-hydrogen) atoms. The number of amides is 1. The van der Waals surface area contributed by atoms with Gasteiger partial charge in [0.05, 0.1) is 6.26 Å². The van der Waals surface area contributed by atoms with Crippen molar-refractivity contribution in [3.8, 4) is 0 Å². The number of carbonyl (C=O) groups excluding carboxylic acids is 1. The Morgan fingerprint density at radius 2 is 2.05 bits per heavy atom. The average molecular weight is 307 g/mol. The van der Waals surface area contributed by atoms with Crippen LogP contribution in [-0.4, -0.2) is 60.5 Å². The molecule has 1 aromatic rings. The predicted molar refractivity (Wildman–Crippen MR) is 87.8 cm³/mol. The van der Waals surface area contributed by atoms with E-state index in [9.17, 15) is 4.79 Å². The van der Waals surface area contributed by atoms with Crippen molar-refractivity contribution in [2.75, 3.05) is 39.3 Å². The molecule has 1 N–H and O–H groups in total. The molecule has 0 bridgehead atoms. The van der Waals surface area contributed by atoms with Crippen molar-refractivity contribution in [1.29, 1.82) is 0 Å². The summed E-state index contributed by atoms with van der Waals surface area (Å²) >= 11 is 0. The van der Waals surface area contributed by atoms with Crippen molar-refractivity contribution in [2.24, 2.45) is 0 Å². The molecule has 1 aromatic heterocycles. The second-order valence-electron chi connectivity index (χ2n) is 6.59. The van der Waals surface area contributed by atoms with Gasteiger partial charge in [-0.3, -0.25) is 9.69 Å². The molecule has 0 aliphatic carbocycles. The first-order chi connectivity index (χ1) is 10.5. The molecular weight excluding hydrogens is 278 g/mol. The lowest BCUT2D eigenvalue weighted by molar-refractivity contribution is -0.121. The van der Waals surface area contributed by atoms with Crippen molar-refractivity contribution in [1.82, 2.24) is 15.1 Å². The number of nitrogens with zero attached hydrogens (tertiary/aromatic N) is 2. The van der Waals surface area contributed by atoms with Gasteiger partial charge in [-0.1, -0.05) is 6.92 Å². The summed E-state index contributed by atoms with van der Waals surface area (Å²) in [5.74, 6) is 0.960. The van der Waals surface area contributed by atoms with Crippen LogP contribution >= 0.6 is 0 Å². The fraction of sp³-hybridized carbons (Fsp3) is 0.706. The highest BCUT2D eigenvalue weighted by Crippen LogP contribution is 2.16. The molecule has 0 radical (unpaired) electrons. The molecule has 0 unspecified atom stereocenters. The van der Waals surface area contributed by atoms with Gasteiger partial charge in [0.15, 0.2) is 0 Å². The standard InChI is InChI=1S/C17H29N3O2/c1-4-19-9-11-20(12-10-19)17(2,3)14-18-16(21)8-7-15-6-5-13-22-15/h5-6,13H,4,7-12,14H2,1-3H3,(H,18,21). The number of hydrogen-bond donors (Lipinski definition) is 1. The number of nitrogens with one attached hydrogen (secondary N) is 1.